The number of nitrogens with zero attached hydrogens (tertiary/aromatic N) is 1. The normalized spacial score (nSPS) is 21.8. The topological polar surface area (TPSA) is 24.5 Å². The number of ether oxygens (including phenoxy) is 1. The molecular weight excluding hydrogens is 248 g/mol. The highest BCUT2D eigenvalue weighted by molar-refractivity contribution is 5.51. The highest BCUT2D eigenvalue weighted by Crippen LogP contribution is 2.29. The molecular formula is C17H28N2O. The Labute approximate surface area is 123 Å². The molecule has 0 aromatic heterocycles. The van der Waals surface area contributed by atoms with Crippen LogP contribution in [-0.2, 0) is 0 Å². The van der Waals surface area contributed by atoms with Gasteiger partial charge in [-0.3, -0.25) is 0 Å². The zero-order chi connectivity index (χ0) is 14.6. The van der Waals surface area contributed by atoms with Crippen LogP contribution in [0, 0.1) is 0 Å². The molecule has 1 atom stereocenters. The molecule has 1 aromatic rings. The van der Waals surface area contributed by atoms with Crippen molar-refractivity contribution in [3.8, 4) is 5.75 Å². The second-order valence-electron chi connectivity index (χ2n) is 5.76. The van der Waals surface area contributed by atoms with Gasteiger partial charge in [0.05, 0.1) is 7.11 Å². The van der Waals surface area contributed by atoms with Crippen molar-refractivity contribution in [2.45, 2.75) is 51.6 Å². The van der Waals surface area contributed by atoms with Crippen molar-refractivity contribution in [1.29, 1.82) is 0 Å². The summed E-state index contributed by atoms with van der Waals surface area (Å²) in [6, 6.07) is 9.06. The van der Waals surface area contributed by atoms with Gasteiger partial charge in [-0.25, -0.2) is 0 Å². The van der Waals surface area contributed by atoms with Crippen LogP contribution in [-0.4, -0.2) is 31.8 Å². The van der Waals surface area contributed by atoms with Crippen molar-refractivity contribution < 1.29 is 4.74 Å². The molecule has 3 nitrogen and oxygen atoms in total. The maximum Gasteiger partial charge on any atom is 0.119 e. The number of hydrogen-bond donors (Lipinski definition) is 1. The molecule has 1 saturated heterocycles. The van der Waals surface area contributed by atoms with E-state index in [9.17, 15) is 0 Å². The predicted molar refractivity (Wildman–Crippen MR) is 85.7 cm³/mol. The maximum atomic E-state index is 5.26. The third-order valence-electron chi connectivity index (χ3n) is 4.86. The summed E-state index contributed by atoms with van der Waals surface area (Å²) in [6.07, 6.45) is 3.52. The van der Waals surface area contributed by atoms with E-state index in [4.69, 9.17) is 4.74 Å². The predicted octanol–water partition coefficient (Wildman–Crippen LogP) is 3.44. The van der Waals surface area contributed by atoms with Gasteiger partial charge in [-0.1, -0.05) is 20.8 Å². The van der Waals surface area contributed by atoms with Crippen LogP contribution >= 0.6 is 0 Å². The van der Waals surface area contributed by atoms with E-state index in [-0.39, 0.29) is 5.54 Å². The molecule has 112 valence electrons. The number of benzene rings is 1. The van der Waals surface area contributed by atoms with Crippen molar-refractivity contribution in [3.63, 3.8) is 0 Å². The van der Waals surface area contributed by atoms with Crippen molar-refractivity contribution in [1.82, 2.24) is 5.32 Å². The number of piperazine rings is 1. The highest BCUT2D eigenvalue weighted by Gasteiger charge is 2.36. The lowest BCUT2D eigenvalue weighted by Gasteiger charge is -2.48. The zero-order valence-corrected chi connectivity index (χ0v) is 13.3. The second-order valence-corrected chi connectivity index (χ2v) is 5.76. The summed E-state index contributed by atoms with van der Waals surface area (Å²) in [5.74, 6) is 0.925. The van der Waals surface area contributed by atoms with Gasteiger partial charge in [0.2, 0.25) is 0 Å². The Morgan fingerprint density at radius 3 is 2.35 bits per heavy atom. The third kappa shape index (κ3) is 2.93. The van der Waals surface area contributed by atoms with Gasteiger partial charge >= 0.3 is 0 Å². The summed E-state index contributed by atoms with van der Waals surface area (Å²) in [7, 11) is 1.72. The lowest BCUT2D eigenvalue weighted by Crippen LogP contribution is -2.64. The Balaban J connectivity index is 2.23. The standard InChI is InChI=1S/C17H28N2O/c1-5-14-12-18-17(6-2,7-3)13-19(14)15-8-10-16(20-4)11-9-15/h8-11,14,18H,5-7,12-13H2,1-4H3. The second kappa shape index (κ2) is 6.49. The van der Waals surface area contributed by atoms with E-state index in [0.717, 1.165) is 18.8 Å². The van der Waals surface area contributed by atoms with Crippen LogP contribution in [0.4, 0.5) is 5.69 Å². The Morgan fingerprint density at radius 1 is 1.20 bits per heavy atom. The van der Waals surface area contributed by atoms with Crippen LogP contribution in [0.15, 0.2) is 24.3 Å². The van der Waals surface area contributed by atoms with Crippen LogP contribution in [0.1, 0.15) is 40.0 Å². The first-order valence-corrected chi connectivity index (χ1v) is 7.83. The average Bonchev–Trinajstić information content (AvgIpc) is 2.54. The number of nitrogens with one attached hydrogen (secondary N) is 1. The van der Waals surface area contributed by atoms with Crippen LogP contribution in [0.5, 0.6) is 5.75 Å². The summed E-state index contributed by atoms with van der Waals surface area (Å²) >= 11 is 0. The molecule has 0 saturated carbocycles. The fourth-order valence-corrected chi connectivity index (χ4v) is 3.12. The minimum absolute atomic E-state index is 0.256. The molecule has 0 amide bonds. The maximum absolute atomic E-state index is 5.26. The van der Waals surface area contributed by atoms with E-state index in [2.05, 4.69) is 55.3 Å². The zero-order valence-electron chi connectivity index (χ0n) is 13.3. The van der Waals surface area contributed by atoms with Crippen molar-refractivity contribution >= 4 is 5.69 Å². The number of hydrogen-bond acceptors (Lipinski definition) is 3. The molecule has 2 rings (SSSR count). The van der Waals surface area contributed by atoms with E-state index in [0.29, 0.717) is 6.04 Å². The molecule has 1 fully saturated rings. The van der Waals surface area contributed by atoms with Gasteiger partial charge in [-0.15, -0.1) is 0 Å². The first-order valence-electron chi connectivity index (χ1n) is 7.83. The molecule has 1 N–H and O–H groups in total. The van der Waals surface area contributed by atoms with Gasteiger partial charge in [0, 0.05) is 30.4 Å². The Bertz CT molecular complexity index is 412. The third-order valence-corrected chi connectivity index (χ3v) is 4.86. The van der Waals surface area contributed by atoms with Gasteiger partial charge in [-0.05, 0) is 43.5 Å². The highest BCUT2D eigenvalue weighted by atomic mass is 16.5. The minimum atomic E-state index is 0.256. The SMILES string of the molecule is CCC1CNC(CC)(CC)CN1c1ccc(OC)cc1. The lowest BCUT2D eigenvalue weighted by atomic mass is 9.87. The van der Waals surface area contributed by atoms with E-state index in [1.165, 1.54) is 24.9 Å². The average molecular weight is 276 g/mol. The fourth-order valence-electron chi connectivity index (χ4n) is 3.12. The molecule has 1 unspecified atom stereocenters. The summed E-state index contributed by atoms with van der Waals surface area (Å²) in [5, 5.41) is 3.79. The van der Waals surface area contributed by atoms with Crippen LogP contribution in [0.2, 0.25) is 0 Å². The first kappa shape index (κ1) is 15.2. The minimum Gasteiger partial charge on any atom is -0.497 e. The summed E-state index contributed by atoms with van der Waals surface area (Å²) in [6.45, 7) is 9.01. The first-order chi connectivity index (χ1) is 9.68. The quantitative estimate of drug-likeness (QED) is 0.891. The Kier molecular flexibility index (Phi) is 4.92. The van der Waals surface area contributed by atoms with Gasteiger partial charge in [0.1, 0.15) is 5.75 Å². The van der Waals surface area contributed by atoms with Crippen molar-refractivity contribution in [3.05, 3.63) is 24.3 Å². The molecule has 3 heteroatoms. The molecule has 1 aliphatic heterocycles. The molecule has 0 bridgehead atoms. The van der Waals surface area contributed by atoms with E-state index < -0.39 is 0 Å². The summed E-state index contributed by atoms with van der Waals surface area (Å²) < 4.78 is 5.26. The van der Waals surface area contributed by atoms with E-state index in [1.54, 1.807) is 7.11 Å². The van der Waals surface area contributed by atoms with Crippen molar-refractivity contribution in [2.75, 3.05) is 25.1 Å². The van der Waals surface area contributed by atoms with Crippen LogP contribution in [0.25, 0.3) is 0 Å². The summed E-state index contributed by atoms with van der Waals surface area (Å²) in [5.41, 5.74) is 1.57. The van der Waals surface area contributed by atoms with Gasteiger partial charge < -0.3 is 15.0 Å². The van der Waals surface area contributed by atoms with Crippen LogP contribution in [0.3, 0.4) is 0 Å². The number of anilines is 1. The molecule has 0 aliphatic carbocycles. The Morgan fingerprint density at radius 2 is 1.85 bits per heavy atom. The molecule has 1 aliphatic rings. The molecule has 1 heterocycles. The van der Waals surface area contributed by atoms with Gasteiger partial charge in [0.25, 0.3) is 0 Å². The van der Waals surface area contributed by atoms with Gasteiger partial charge in [-0.2, -0.15) is 0 Å². The molecule has 20 heavy (non-hydrogen) atoms. The Hall–Kier alpha value is -1.22. The number of methoxy groups -OCH3 is 1. The monoisotopic (exact) mass is 276 g/mol. The largest absolute Gasteiger partial charge is 0.497 e. The van der Waals surface area contributed by atoms with Gasteiger partial charge in [0.15, 0.2) is 0 Å². The molecule has 1 aromatic carbocycles. The summed E-state index contributed by atoms with van der Waals surface area (Å²) in [4.78, 5) is 2.57. The molecule has 0 spiro atoms. The lowest BCUT2D eigenvalue weighted by molar-refractivity contribution is 0.246. The van der Waals surface area contributed by atoms with Crippen molar-refractivity contribution in [2.24, 2.45) is 0 Å². The molecule has 0 radical (unpaired) electrons. The van der Waals surface area contributed by atoms with E-state index >= 15 is 0 Å². The smallest absolute Gasteiger partial charge is 0.119 e. The van der Waals surface area contributed by atoms with Crippen LogP contribution < -0.4 is 15.0 Å². The van der Waals surface area contributed by atoms with E-state index in [1.807, 2.05) is 0 Å². The number of rotatable bonds is 5. The fraction of sp³-hybridized carbons (Fsp3) is 0.647.